The number of pyridine rings is 1. The average molecular weight is 168 g/mol. The highest BCUT2D eigenvalue weighted by Crippen LogP contribution is 2.04. The zero-order valence-electron chi connectivity index (χ0n) is 6.42. The van der Waals surface area contributed by atoms with Gasteiger partial charge < -0.3 is 0 Å². The molecule has 0 amide bonds. The molecule has 1 aromatic heterocycles. The lowest BCUT2D eigenvalue weighted by atomic mass is 10.2. The summed E-state index contributed by atoms with van der Waals surface area (Å²) in [5, 5.41) is 0. The number of aromatic nitrogens is 1. The highest BCUT2D eigenvalue weighted by Gasteiger charge is 1.90. The van der Waals surface area contributed by atoms with Crippen molar-refractivity contribution in [2.24, 2.45) is 0 Å². The Morgan fingerprint density at radius 1 is 1.64 bits per heavy atom. The smallest absolute Gasteiger partial charge is 0.0656 e. The average Bonchev–Trinajstić information content (AvgIpc) is 2.03. The minimum atomic E-state index is 0.538. The van der Waals surface area contributed by atoms with Gasteiger partial charge in [-0.1, -0.05) is 12.1 Å². The van der Waals surface area contributed by atoms with Gasteiger partial charge in [0.25, 0.3) is 0 Å². The van der Waals surface area contributed by atoms with E-state index in [1.54, 1.807) is 6.20 Å². The van der Waals surface area contributed by atoms with Gasteiger partial charge in [0.05, 0.1) is 5.69 Å². The van der Waals surface area contributed by atoms with E-state index in [0.29, 0.717) is 5.88 Å². The van der Waals surface area contributed by atoms with E-state index in [4.69, 9.17) is 11.6 Å². The van der Waals surface area contributed by atoms with E-state index >= 15 is 0 Å². The molecule has 0 saturated heterocycles. The van der Waals surface area contributed by atoms with Crippen molar-refractivity contribution >= 4 is 17.7 Å². The minimum absolute atomic E-state index is 0.538. The Labute approximate surface area is 71.7 Å². The van der Waals surface area contributed by atoms with Gasteiger partial charge in [-0.2, -0.15) is 0 Å². The van der Waals surface area contributed by atoms with Crippen molar-refractivity contribution in [3.63, 3.8) is 0 Å². The molecule has 58 valence electrons. The maximum Gasteiger partial charge on any atom is 0.0656 e. The summed E-state index contributed by atoms with van der Waals surface area (Å²) >= 11 is 5.49. The first-order valence-electron chi connectivity index (χ1n) is 3.48. The minimum Gasteiger partial charge on any atom is -0.257 e. The third-order valence-corrected chi connectivity index (χ3v) is 1.59. The Kier molecular flexibility index (Phi) is 3.12. The molecule has 0 N–H and O–H groups in total. The molecule has 11 heavy (non-hydrogen) atoms. The zero-order chi connectivity index (χ0) is 8.10. The lowest BCUT2D eigenvalue weighted by Gasteiger charge is -1.95. The Hall–Kier alpha value is -0.820. The summed E-state index contributed by atoms with van der Waals surface area (Å²) in [7, 11) is 0. The molecule has 1 heterocycles. The van der Waals surface area contributed by atoms with E-state index in [1.165, 1.54) is 5.56 Å². The second kappa shape index (κ2) is 4.14. The number of halogens is 1. The van der Waals surface area contributed by atoms with Gasteiger partial charge in [-0.25, -0.2) is 0 Å². The fourth-order valence-electron chi connectivity index (χ4n) is 0.829. The van der Waals surface area contributed by atoms with Gasteiger partial charge in [0, 0.05) is 12.1 Å². The quantitative estimate of drug-likeness (QED) is 0.618. The number of aryl methyl sites for hydroxylation is 1. The van der Waals surface area contributed by atoms with Crippen molar-refractivity contribution in [3.8, 4) is 0 Å². The molecule has 0 radical (unpaired) electrons. The Morgan fingerprint density at radius 3 is 3.09 bits per heavy atom. The van der Waals surface area contributed by atoms with Crippen molar-refractivity contribution in [2.75, 3.05) is 5.88 Å². The van der Waals surface area contributed by atoms with Gasteiger partial charge in [-0.3, -0.25) is 4.98 Å². The van der Waals surface area contributed by atoms with Crippen LogP contribution in [0.2, 0.25) is 0 Å². The van der Waals surface area contributed by atoms with Crippen LogP contribution in [0.15, 0.2) is 24.4 Å². The highest BCUT2D eigenvalue weighted by molar-refractivity contribution is 6.19. The van der Waals surface area contributed by atoms with Crippen molar-refractivity contribution in [3.05, 3.63) is 35.7 Å². The first kappa shape index (κ1) is 8.28. The van der Waals surface area contributed by atoms with Crippen molar-refractivity contribution in [2.45, 2.75) is 6.92 Å². The van der Waals surface area contributed by atoms with Crippen LogP contribution in [0.1, 0.15) is 11.3 Å². The summed E-state index contributed by atoms with van der Waals surface area (Å²) in [5.74, 6) is 0.538. The lowest BCUT2D eigenvalue weighted by molar-refractivity contribution is 1.24. The summed E-state index contributed by atoms with van der Waals surface area (Å²) in [5.41, 5.74) is 2.17. The monoisotopic (exact) mass is 167 g/mol. The molecule has 0 aromatic carbocycles. The first-order valence-corrected chi connectivity index (χ1v) is 4.02. The summed E-state index contributed by atoms with van der Waals surface area (Å²) in [6.07, 6.45) is 5.60. The Balaban J connectivity index is 2.86. The SMILES string of the molecule is Cc1cccnc1/C=C/CCl. The molecule has 0 unspecified atom stereocenters. The van der Waals surface area contributed by atoms with E-state index in [2.05, 4.69) is 4.98 Å². The number of alkyl halides is 1. The Bertz CT molecular complexity index is 255. The van der Waals surface area contributed by atoms with Gasteiger partial charge in [0.2, 0.25) is 0 Å². The molecule has 0 aliphatic carbocycles. The molecule has 0 aliphatic heterocycles. The van der Waals surface area contributed by atoms with Crippen LogP contribution >= 0.6 is 11.6 Å². The van der Waals surface area contributed by atoms with Crippen LogP contribution in [0.5, 0.6) is 0 Å². The maximum atomic E-state index is 5.49. The topological polar surface area (TPSA) is 12.9 Å². The van der Waals surface area contributed by atoms with Crippen LogP contribution in [0, 0.1) is 6.92 Å². The largest absolute Gasteiger partial charge is 0.257 e. The van der Waals surface area contributed by atoms with Crippen molar-refractivity contribution in [1.29, 1.82) is 0 Å². The zero-order valence-corrected chi connectivity index (χ0v) is 7.17. The van der Waals surface area contributed by atoms with Crippen molar-refractivity contribution in [1.82, 2.24) is 4.98 Å². The van der Waals surface area contributed by atoms with E-state index in [9.17, 15) is 0 Å². The van der Waals surface area contributed by atoms with Crippen molar-refractivity contribution < 1.29 is 0 Å². The summed E-state index contributed by atoms with van der Waals surface area (Å²) in [6.45, 7) is 2.03. The van der Waals surface area contributed by atoms with Gasteiger partial charge >= 0.3 is 0 Å². The van der Waals surface area contributed by atoms with E-state index < -0.39 is 0 Å². The van der Waals surface area contributed by atoms with Crippen LogP contribution in [0.4, 0.5) is 0 Å². The summed E-state index contributed by atoms with van der Waals surface area (Å²) in [6, 6.07) is 3.95. The van der Waals surface area contributed by atoms with Crippen LogP contribution in [-0.2, 0) is 0 Å². The fraction of sp³-hybridized carbons (Fsp3) is 0.222. The molecular weight excluding hydrogens is 158 g/mol. The molecule has 0 aliphatic rings. The molecule has 2 heteroatoms. The molecule has 0 fully saturated rings. The standard InChI is InChI=1S/C9H10ClN/c1-8-4-3-7-11-9(8)5-2-6-10/h2-5,7H,6H2,1H3/b5-2+. The second-order valence-corrected chi connectivity index (χ2v) is 2.57. The number of rotatable bonds is 2. The predicted octanol–water partition coefficient (Wildman–Crippen LogP) is 2.64. The predicted molar refractivity (Wildman–Crippen MR) is 48.7 cm³/mol. The van der Waals surface area contributed by atoms with Crippen LogP contribution < -0.4 is 0 Å². The second-order valence-electron chi connectivity index (χ2n) is 2.26. The number of allylic oxidation sites excluding steroid dienone is 1. The fourth-order valence-corrected chi connectivity index (χ4v) is 0.918. The molecular formula is C9H10ClN. The number of hydrogen-bond donors (Lipinski definition) is 0. The molecule has 1 rings (SSSR count). The Morgan fingerprint density at radius 2 is 2.45 bits per heavy atom. The summed E-state index contributed by atoms with van der Waals surface area (Å²) < 4.78 is 0. The molecule has 0 spiro atoms. The normalized spacial score (nSPS) is 10.7. The molecule has 1 nitrogen and oxygen atoms in total. The van der Waals surface area contributed by atoms with E-state index in [0.717, 1.165) is 5.69 Å². The first-order chi connectivity index (χ1) is 5.34. The highest BCUT2D eigenvalue weighted by atomic mass is 35.5. The molecule has 0 bridgehead atoms. The summed E-state index contributed by atoms with van der Waals surface area (Å²) in [4.78, 5) is 4.17. The molecule has 1 aromatic rings. The number of hydrogen-bond acceptors (Lipinski definition) is 1. The lowest BCUT2D eigenvalue weighted by Crippen LogP contribution is -1.83. The van der Waals surface area contributed by atoms with Gasteiger partial charge in [-0.05, 0) is 24.6 Å². The maximum absolute atomic E-state index is 5.49. The molecule has 0 saturated carbocycles. The number of nitrogens with zero attached hydrogens (tertiary/aromatic N) is 1. The van der Waals surface area contributed by atoms with Gasteiger partial charge in [-0.15, -0.1) is 11.6 Å². The molecule has 0 atom stereocenters. The van der Waals surface area contributed by atoms with Crippen LogP contribution in [-0.4, -0.2) is 10.9 Å². The van der Waals surface area contributed by atoms with Crippen LogP contribution in [0.25, 0.3) is 6.08 Å². The third kappa shape index (κ3) is 2.35. The van der Waals surface area contributed by atoms with Gasteiger partial charge in [0.1, 0.15) is 0 Å². The van der Waals surface area contributed by atoms with E-state index in [1.807, 2.05) is 31.2 Å². The van der Waals surface area contributed by atoms with E-state index in [-0.39, 0.29) is 0 Å². The third-order valence-electron chi connectivity index (χ3n) is 1.41. The van der Waals surface area contributed by atoms with Gasteiger partial charge in [0.15, 0.2) is 0 Å². The van der Waals surface area contributed by atoms with Crippen LogP contribution in [0.3, 0.4) is 0 Å².